The molecule has 1 N–H and O–H groups in total. The number of aliphatic carboxylic acids is 1. The first-order valence-electron chi connectivity index (χ1n) is 1.45. The fraction of sp³-hybridized carbons (Fsp3) is 0. The van der Waals surface area contributed by atoms with Gasteiger partial charge >= 0.3 is 29.6 Å². The molecule has 0 aliphatic rings. The molecule has 0 aliphatic heterocycles. The van der Waals surface area contributed by atoms with E-state index < -0.39 is 16.4 Å². The minimum absolute atomic E-state index is 0. The van der Waals surface area contributed by atoms with E-state index in [-0.39, 0.29) is 29.6 Å². The van der Waals surface area contributed by atoms with Gasteiger partial charge in [-0.25, -0.2) is 0 Å². The van der Waals surface area contributed by atoms with Crippen molar-refractivity contribution in [2.24, 2.45) is 0 Å². The van der Waals surface area contributed by atoms with Gasteiger partial charge in [0.05, 0.1) is 0 Å². The van der Waals surface area contributed by atoms with Crippen LogP contribution in [0.1, 0.15) is 0 Å². The van der Waals surface area contributed by atoms with Gasteiger partial charge in [-0.3, -0.25) is 20.1 Å². The van der Waals surface area contributed by atoms with Crippen molar-refractivity contribution in [1.29, 1.82) is 0 Å². The van der Waals surface area contributed by atoms with Crippen LogP contribution >= 0.6 is 0 Å². The molecular weight excluding hydrogens is 175 g/mol. The van der Waals surface area contributed by atoms with Crippen LogP contribution in [0.4, 0.5) is 0 Å². The van der Waals surface area contributed by atoms with Crippen LogP contribution in [0, 0.1) is 6.92 Å². The Morgan fingerprint density at radius 3 is 1.40 bits per heavy atom. The average Bonchev–Trinajstić information content (AvgIpc) is 1.19. The summed E-state index contributed by atoms with van der Waals surface area (Å²) in [4.78, 5) is 8.89. The second-order valence-electron chi connectivity index (χ2n) is 0.802. The van der Waals surface area contributed by atoms with Crippen molar-refractivity contribution in [3.8, 4) is 0 Å². The first-order chi connectivity index (χ1) is 3.73. The molecule has 0 atom stereocenters. The SMILES string of the molecule is O=S(=O)([O-])[O-].[CH2-]C(=O)O.[Na+]. The Bertz CT molecular complexity index is 158. The number of carboxylic acids is 1. The predicted molar refractivity (Wildman–Crippen MR) is 23.5 cm³/mol. The van der Waals surface area contributed by atoms with Crippen LogP contribution in [-0.2, 0) is 15.2 Å². The molecule has 8 heteroatoms. The molecule has 10 heavy (non-hydrogen) atoms. The van der Waals surface area contributed by atoms with Gasteiger partial charge in [0.1, 0.15) is 0 Å². The zero-order valence-electron chi connectivity index (χ0n) is 5.10. The molecule has 6 nitrogen and oxygen atoms in total. The Morgan fingerprint density at radius 2 is 1.40 bits per heavy atom. The van der Waals surface area contributed by atoms with Crippen molar-refractivity contribution < 1.29 is 57.0 Å². The van der Waals surface area contributed by atoms with E-state index in [2.05, 4.69) is 6.92 Å². The maximum atomic E-state index is 8.89. The first kappa shape index (κ1) is 16.7. The summed E-state index contributed by atoms with van der Waals surface area (Å²) >= 11 is 0. The number of carbonyl (C=O) groups is 1. The maximum absolute atomic E-state index is 8.89. The van der Waals surface area contributed by atoms with E-state index in [9.17, 15) is 0 Å². The fourth-order valence-corrected chi connectivity index (χ4v) is 0. The molecule has 0 spiro atoms. The molecule has 0 saturated carbocycles. The van der Waals surface area contributed by atoms with E-state index in [0.29, 0.717) is 0 Å². The quantitative estimate of drug-likeness (QED) is 0.173. The van der Waals surface area contributed by atoms with Crippen molar-refractivity contribution in [3.63, 3.8) is 0 Å². The summed E-state index contributed by atoms with van der Waals surface area (Å²) in [5, 5.41) is 7.31. The first-order valence-corrected chi connectivity index (χ1v) is 2.78. The summed E-state index contributed by atoms with van der Waals surface area (Å²) in [6.07, 6.45) is 0. The van der Waals surface area contributed by atoms with Gasteiger partial charge in [-0.2, -0.15) is 0 Å². The third-order valence-corrected chi connectivity index (χ3v) is 0. The summed E-state index contributed by atoms with van der Waals surface area (Å²) in [6, 6.07) is 0. The molecule has 0 aromatic heterocycles. The van der Waals surface area contributed by atoms with Crippen LogP contribution in [0.25, 0.3) is 0 Å². The van der Waals surface area contributed by atoms with Gasteiger partial charge in [0, 0.05) is 10.4 Å². The second kappa shape index (κ2) is 7.32. The van der Waals surface area contributed by atoms with Gasteiger partial charge in [0.15, 0.2) is 5.97 Å². The molecule has 0 unspecified atom stereocenters. The van der Waals surface area contributed by atoms with Crippen molar-refractivity contribution in [2.75, 3.05) is 0 Å². The van der Waals surface area contributed by atoms with Gasteiger partial charge in [-0.1, -0.05) is 0 Å². The number of rotatable bonds is 0. The molecule has 0 rings (SSSR count). The molecule has 0 aromatic carbocycles. The smallest absolute Gasteiger partial charge is 0.759 e. The minimum Gasteiger partial charge on any atom is -0.759 e. The van der Waals surface area contributed by atoms with Crippen LogP contribution in [0.3, 0.4) is 0 Å². The van der Waals surface area contributed by atoms with Gasteiger partial charge in [-0.05, 0) is 0 Å². The Kier molecular flexibility index (Phi) is 12.2. The van der Waals surface area contributed by atoms with E-state index in [1.54, 1.807) is 0 Å². The molecule has 0 saturated heterocycles. The largest absolute Gasteiger partial charge is 1.00 e. The molecular formula is C2H3NaO6S-2. The van der Waals surface area contributed by atoms with E-state index in [1.807, 2.05) is 0 Å². The number of carboxylic acid groups (broad SMARTS) is 1. The van der Waals surface area contributed by atoms with Crippen LogP contribution in [-0.4, -0.2) is 28.6 Å². The summed E-state index contributed by atoms with van der Waals surface area (Å²) in [7, 11) is -5.17. The Hall–Kier alpha value is 0.210. The maximum Gasteiger partial charge on any atom is 1.00 e. The summed E-state index contributed by atoms with van der Waals surface area (Å²) < 4.78 is 34.1. The van der Waals surface area contributed by atoms with Gasteiger partial charge in [0.2, 0.25) is 0 Å². The molecule has 0 amide bonds. The van der Waals surface area contributed by atoms with Crippen molar-refractivity contribution in [3.05, 3.63) is 6.92 Å². The monoisotopic (exact) mass is 178 g/mol. The third kappa shape index (κ3) is 9680. The van der Waals surface area contributed by atoms with Gasteiger partial charge in [0.25, 0.3) is 0 Å². The van der Waals surface area contributed by atoms with E-state index in [1.165, 1.54) is 0 Å². The predicted octanol–water partition coefficient (Wildman–Crippen LogP) is -4.43. The molecule has 0 fully saturated rings. The zero-order valence-corrected chi connectivity index (χ0v) is 7.92. The summed E-state index contributed by atoms with van der Waals surface area (Å²) in [5.74, 6) is -1.08. The van der Waals surface area contributed by atoms with E-state index in [4.69, 9.17) is 27.4 Å². The zero-order chi connectivity index (χ0) is 8.08. The second-order valence-corrected chi connectivity index (χ2v) is 1.62. The average molecular weight is 178 g/mol. The Balaban J connectivity index is -0.0000000910. The normalized spacial score (nSPS) is 8.20. The molecule has 0 aromatic rings. The Morgan fingerprint density at radius 1 is 1.40 bits per heavy atom. The van der Waals surface area contributed by atoms with Crippen LogP contribution in [0.5, 0.6) is 0 Å². The number of hydrogen-bond acceptors (Lipinski definition) is 5. The van der Waals surface area contributed by atoms with Gasteiger partial charge in [-0.15, -0.1) is 0 Å². The summed E-state index contributed by atoms with van der Waals surface area (Å²) in [5.41, 5.74) is 0. The molecule has 0 aliphatic carbocycles. The molecule has 0 heterocycles. The molecule has 0 bridgehead atoms. The van der Waals surface area contributed by atoms with Gasteiger partial charge < -0.3 is 14.2 Å². The number of hydrogen-bond donors (Lipinski definition) is 1. The van der Waals surface area contributed by atoms with Crippen molar-refractivity contribution in [1.82, 2.24) is 0 Å². The standard InChI is InChI=1S/C2H3O2.Na.H2O4S/c1-2(3)4;;1-5(2,3)4/h1H2,(H,3,4);;(H2,1,2,3,4)/q-1;+1;/p-2. The Labute approximate surface area is 80.1 Å². The summed E-state index contributed by atoms with van der Waals surface area (Å²) in [6.45, 7) is 2.56. The molecule has 56 valence electrons. The fourth-order valence-electron chi connectivity index (χ4n) is 0. The van der Waals surface area contributed by atoms with Crippen LogP contribution in [0.2, 0.25) is 0 Å². The van der Waals surface area contributed by atoms with Crippen LogP contribution in [0.15, 0.2) is 0 Å². The topological polar surface area (TPSA) is 118 Å². The van der Waals surface area contributed by atoms with Crippen LogP contribution < -0.4 is 29.6 Å². The van der Waals surface area contributed by atoms with Crippen molar-refractivity contribution in [2.45, 2.75) is 0 Å². The van der Waals surface area contributed by atoms with E-state index in [0.717, 1.165) is 0 Å². The van der Waals surface area contributed by atoms with Crippen molar-refractivity contribution >= 4 is 16.4 Å². The third-order valence-electron chi connectivity index (χ3n) is 0. The minimum atomic E-state index is -5.17. The molecule has 0 radical (unpaired) electrons. The van der Waals surface area contributed by atoms with E-state index >= 15 is 0 Å².